The number of hydrogen-bond acceptors (Lipinski definition) is 4. The van der Waals surface area contributed by atoms with Crippen LogP contribution in [0.5, 0.6) is 11.5 Å². The first kappa shape index (κ1) is 23.6. The van der Waals surface area contributed by atoms with Crippen molar-refractivity contribution < 1.29 is 14.3 Å². The number of fused-ring (bicyclic) bond motifs is 1. The van der Waals surface area contributed by atoms with Crippen molar-refractivity contribution in [1.29, 1.82) is 0 Å². The lowest BCUT2D eigenvalue weighted by atomic mass is 9.93. The largest absolute Gasteiger partial charge is 0.454 e. The zero-order chi connectivity index (χ0) is 24.1. The van der Waals surface area contributed by atoms with Gasteiger partial charge in [0.15, 0.2) is 11.5 Å². The van der Waals surface area contributed by atoms with Gasteiger partial charge in [-0.15, -0.1) is 0 Å². The van der Waals surface area contributed by atoms with Gasteiger partial charge in [0, 0.05) is 37.1 Å². The number of aromatic nitrogens is 1. The smallest absolute Gasteiger partial charge is 0.322 e. The summed E-state index contributed by atoms with van der Waals surface area (Å²) in [7, 11) is 0. The predicted molar refractivity (Wildman–Crippen MR) is 135 cm³/mol. The van der Waals surface area contributed by atoms with E-state index in [2.05, 4.69) is 56.2 Å². The number of benzene rings is 2. The van der Waals surface area contributed by atoms with Gasteiger partial charge in [-0.25, -0.2) is 4.79 Å². The van der Waals surface area contributed by atoms with E-state index in [0.717, 1.165) is 39.6 Å². The topological polar surface area (TPSA) is 63.7 Å². The maximum absolute atomic E-state index is 13.7. The molecule has 1 aliphatic rings. The third-order valence-electron chi connectivity index (χ3n) is 6.07. The van der Waals surface area contributed by atoms with Crippen LogP contribution in [0.3, 0.4) is 0 Å². The number of hydrogen-bond donors (Lipinski definition) is 1. The number of anilines is 1. The van der Waals surface area contributed by atoms with Crippen LogP contribution in [0.4, 0.5) is 10.5 Å². The van der Waals surface area contributed by atoms with Gasteiger partial charge >= 0.3 is 6.03 Å². The van der Waals surface area contributed by atoms with Gasteiger partial charge in [-0.1, -0.05) is 58.0 Å². The van der Waals surface area contributed by atoms with Crippen molar-refractivity contribution in [2.24, 2.45) is 0 Å². The molecule has 0 atom stereocenters. The predicted octanol–water partition coefficient (Wildman–Crippen LogP) is 6.33. The minimum atomic E-state index is -0.122. The third-order valence-corrected chi connectivity index (χ3v) is 6.07. The highest BCUT2D eigenvalue weighted by Gasteiger charge is 2.21. The summed E-state index contributed by atoms with van der Waals surface area (Å²) in [4.78, 5) is 19.9. The van der Waals surface area contributed by atoms with E-state index in [1.165, 1.54) is 0 Å². The van der Waals surface area contributed by atoms with Crippen LogP contribution < -0.4 is 14.8 Å². The van der Waals surface area contributed by atoms with Gasteiger partial charge in [-0.3, -0.25) is 4.98 Å². The summed E-state index contributed by atoms with van der Waals surface area (Å²) in [6.07, 6.45) is 2.45. The molecule has 178 valence electrons. The number of pyridine rings is 1. The highest BCUT2D eigenvalue weighted by molar-refractivity contribution is 5.91. The quantitative estimate of drug-likeness (QED) is 0.427. The lowest BCUT2D eigenvalue weighted by Crippen LogP contribution is -2.36. The number of carbonyl (C=O) groups excluding carboxylic acids is 1. The van der Waals surface area contributed by atoms with Crippen molar-refractivity contribution in [3.63, 3.8) is 0 Å². The van der Waals surface area contributed by atoms with Gasteiger partial charge < -0.3 is 19.7 Å². The standard InChI is InChI=1S/C28H33N3O3/c1-19(2)23-9-7-10-24(20(3)4)27(23)30-28(32)31(15-13-22-8-5-6-14-29-22)17-21-11-12-25-26(16-21)34-18-33-25/h5-12,14,16,19-20H,13,15,17-18H2,1-4H3,(H,30,32). The van der Waals surface area contributed by atoms with E-state index < -0.39 is 0 Å². The molecule has 0 radical (unpaired) electrons. The van der Waals surface area contributed by atoms with Gasteiger partial charge in [0.05, 0.1) is 0 Å². The van der Waals surface area contributed by atoms with E-state index >= 15 is 0 Å². The van der Waals surface area contributed by atoms with Crippen LogP contribution in [-0.2, 0) is 13.0 Å². The van der Waals surface area contributed by atoms with Crippen molar-refractivity contribution in [3.05, 3.63) is 83.2 Å². The van der Waals surface area contributed by atoms with Gasteiger partial charge in [0.25, 0.3) is 0 Å². The number of amides is 2. The Bertz CT molecular complexity index is 1100. The van der Waals surface area contributed by atoms with Crippen LogP contribution in [0.25, 0.3) is 0 Å². The number of ether oxygens (including phenoxy) is 2. The van der Waals surface area contributed by atoms with E-state index in [9.17, 15) is 4.79 Å². The lowest BCUT2D eigenvalue weighted by molar-refractivity contribution is 0.174. The molecule has 0 fully saturated rings. The Morgan fingerprint density at radius 3 is 2.38 bits per heavy atom. The monoisotopic (exact) mass is 459 g/mol. The van der Waals surface area contributed by atoms with E-state index in [0.29, 0.717) is 31.3 Å². The zero-order valence-electron chi connectivity index (χ0n) is 20.4. The molecule has 3 aromatic rings. The van der Waals surface area contributed by atoms with E-state index in [1.807, 2.05) is 41.3 Å². The summed E-state index contributed by atoms with van der Waals surface area (Å²) in [5, 5.41) is 3.26. The molecule has 34 heavy (non-hydrogen) atoms. The highest BCUT2D eigenvalue weighted by Crippen LogP contribution is 2.34. The number of para-hydroxylation sites is 1. The molecule has 0 saturated carbocycles. The molecule has 6 nitrogen and oxygen atoms in total. The van der Waals surface area contributed by atoms with Crippen LogP contribution in [0.15, 0.2) is 60.8 Å². The lowest BCUT2D eigenvalue weighted by Gasteiger charge is -2.26. The second-order valence-electron chi connectivity index (χ2n) is 9.23. The van der Waals surface area contributed by atoms with Crippen molar-refractivity contribution in [3.8, 4) is 11.5 Å². The molecule has 0 aliphatic carbocycles. The zero-order valence-corrected chi connectivity index (χ0v) is 20.4. The van der Waals surface area contributed by atoms with Crippen LogP contribution in [0, 0.1) is 0 Å². The Morgan fingerprint density at radius 2 is 1.71 bits per heavy atom. The number of carbonyl (C=O) groups is 1. The van der Waals surface area contributed by atoms with Gasteiger partial charge in [-0.2, -0.15) is 0 Å². The van der Waals surface area contributed by atoms with Gasteiger partial charge in [0.2, 0.25) is 6.79 Å². The summed E-state index contributed by atoms with van der Waals surface area (Å²) in [6, 6.07) is 17.8. The molecule has 1 aliphatic heterocycles. The normalized spacial score (nSPS) is 12.3. The molecule has 2 aromatic carbocycles. The average molecular weight is 460 g/mol. The molecule has 0 spiro atoms. The summed E-state index contributed by atoms with van der Waals surface area (Å²) in [5.74, 6) is 2.05. The molecule has 2 heterocycles. The van der Waals surface area contributed by atoms with Gasteiger partial charge in [0.1, 0.15) is 0 Å². The Kier molecular flexibility index (Phi) is 7.36. The molecule has 0 unspecified atom stereocenters. The first-order chi connectivity index (χ1) is 16.4. The minimum absolute atomic E-state index is 0.122. The van der Waals surface area contributed by atoms with Crippen molar-refractivity contribution in [2.75, 3.05) is 18.7 Å². The Morgan fingerprint density at radius 1 is 0.971 bits per heavy atom. The third kappa shape index (κ3) is 5.50. The van der Waals surface area contributed by atoms with Gasteiger partial charge in [-0.05, 0) is 52.8 Å². The van der Waals surface area contributed by atoms with E-state index in [-0.39, 0.29) is 12.8 Å². The molecular formula is C28H33N3O3. The average Bonchev–Trinajstić information content (AvgIpc) is 3.30. The second kappa shape index (κ2) is 10.6. The van der Waals surface area contributed by atoms with Crippen molar-refractivity contribution >= 4 is 11.7 Å². The minimum Gasteiger partial charge on any atom is -0.454 e. The molecule has 1 N–H and O–H groups in total. The molecule has 6 heteroatoms. The first-order valence-corrected chi connectivity index (χ1v) is 11.9. The fourth-order valence-corrected chi connectivity index (χ4v) is 4.19. The summed E-state index contributed by atoms with van der Waals surface area (Å²) >= 11 is 0. The number of nitrogens with one attached hydrogen (secondary N) is 1. The van der Waals surface area contributed by atoms with Crippen LogP contribution in [-0.4, -0.2) is 29.3 Å². The Balaban J connectivity index is 1.60. The van der Waals surface area contributed by atoms with Crippen LogP contribution in [0.1, 0.15) is 61.9 Å². The summed E-state index contributed by atoms with van der Waals surface area (Å²) < 4.78 is 11.0. The first-order valence-electron chi connectivity index (χ1n) is 11.9. The summed E-state index contributed by atoms with van der Waals surface area (Å²) in [6.45, 7) is 9.84. The molecule has 0 saturated heterocycles. The maximum atomic E-state index is 13.7. The number of rotatable bonds is 8. The molecular weight excluding hydrogens is 426 g/mol. The van der Waals surface area contributed by atoms with Crippen molar-refractivity contribution in [1.82, 2.24) is 9.88 Å². The molecule has 2 amide bonds. The van der Waals surface area contributed by atoms with E-state index in [1.54, 1.807) is 6.20 Å². The Hall–Kier alpha value is -3.54. The fraction of sp³-hybridized carbons (Fsp3) is 0.357. The maximum Gasteiger partial charge on any atom is 0.322 e. The molecule has 4 rings (SSSR count). The highest BCUT2D eigenvalue weighted by atomic mass is 16.7. The number of nitrogens with zero attached hydrogens (tertiary/aromatic N) is 2. The fourth-order valence-electron chi connectivity index (χ4n) is 4.19. The molecule has 0 bridgehead atoms. The van der Waals surface area contributed by atoms with Crippen molar-refractivity contribution in [2.45, 2.75) is 52.5 Å². The van der Waals surface area contributed by atoms with Crippen LogP contribution >= 0.6 is 0 Å². The Labute approximate surface area is 201 Å². The SMILES string of the molecule is CC(C)c1cccc(C(C)C)c1NC(=O)N(CCc1ccccn1)Cc1ccc2c(c1)OCO2. The van der Waals surface area contributed by atoms with Crippen LogP contribution in [0.2, 0.25) is 0 Å². The molecule has 1 aromatic heterocycles. The summed E-state index contributed by atoms with van der Waals surface area (Å²) in [5.41, 5.74) is 5.16. The number of urea groups is 1. The second-order valence-corrected chi connectivity index (χ2v) is 9.23. The van der Waals surface area contributed by atoms with E-state index in [4.69, 9.17) is 9.47 Å².